The molecule has 0 radical (unpaired) electrons. The molecule has 90 valence electrons. The summed E-state index contributed by atoms with van der Waals surface area (Å²) in [5, 5.41) is 10.9. The van der Waals surface area contributed by atoms with E-state index in [1.165, 1.54) is 6.08 Å². The molecule has 0 spiro atoms. The minimum Gasteiger partial charge on any atom is -0.480 e. The molecule has 0 aliphatic rings. The molecule has 0 aromatic rings. The van der Waals surface area contributed by atoms with Crippen molar-refractivity contribution < 1.29 is 24.2 Å². The van der Waals surface area contributed by atoms with Crippen molar-refractivity contribution in [3.05, 3.63) is 12.2 Å². The molecule has 4 N–H and O–H groups in total. The first-order valence-corrected chi connectivity index (χ1v) is 4.50. The zero-order chi connectivity index (χ0) is 12.6. The second-order valence-electron chi connectivity index (χ2n) is 2.91. The van der Waals surface area contributed by atoms with Gasteiger partial charge in [0.05, 0.1) is 7.11 Å². The summed E-state index contributed by atoms with van der Waals surface area (Å²) < 4.78 is 4.27. The number of carbonyl (C=O) groups is 3. The highest BCUT2D eigenvalue weighted by Gasteiger charge is 2.18. The number of nitrogens with two attached hydrogens (primary N) is 1. The summed E-state index contributed by atoms with van der Waals surface area (Å²) in [5.74, 6) is -1.77. The van der Waals surface area contributed by atoms with Crippen molar-refractivity contribution in [1.29, 1.82) is 0 Å². The number of ether oxygens (including phenoxy) is 1. The maximum Gasteiger partial charge on any atom is 0.407 e. The summed E-state index contributed by atoms with van der Waals surface area (Å²) in [4.78, 5) is 31.8. The van der Waals surface area contributed by atoms with Crippen molar-refractivity contribution in [2.75, 3.05) is 7.11 Å². The lowest BCUT2D eigenvalue weighted by Gasteiger charge is -2.11. The van der Waals surface area contributed by atoms with Gasteiger partial charge in [-0.25, -0.2) is 9.59 Å². The summed E-state index contributed by atoms with van der Waals surface area (Å²) in [6.45, 7) is 0. The van der Waals surface area contributed by atoms with Gasteiger partial charge in [-0.05, 0) is 18.9 Å². The van der Waals surface area contributed by atoms with Gasteiger partial charge in [-0.3, -0.25) is 4.79 Å². The lowest BCUT2D eigenvalue weighted by atomic mass is 10.1. The highest BCUT2D eigenvalue weighted by atomic mass is 16.5. The Labute approximate surface area is 92.3 Å². The van der Waals surface area contributed by atoms with Crippen molar-refractivity contribution in [3.63, 3.8) is 0 Å². The third kappa shape index (κ3) is 6.41. The number of hydrogen-bond donors (Lipinski definition) is 3. The van der Waals surface area contributed by atoms with E-state index in [2.05, 4.69) is 10.1 Å². The van der Waals surface area contributed by atoms with Gasteiger partial charge >= 0.3 is 12.1 Å². The zero-order valence-corrected chi connectivity index (χ0v) is 8.80. The first-order chi connectivity index (χ1) is 7.47. The Bertz CT molecular complexity index is 300. The third-order valence-electron chi connectivity index (χ3n) is 1.68. The van der Waals surface area contributed by atoms with Gasteiger partial charge in [0, 0.05) is 0 Å². The minimum atomic E-state index is -1.17. The van der Waals surface area contributed by atoms with Crippen LogP contribution in [-0.2, 0) is 14.3 Å². The van der Waals surface area contributed by atoms with Gasteiger partial charge in [-0.1, -0.05) is 6.08 Å². The lowest BCUT2D eigenvalue weighted by Crippen LogP contribution is -2.40. The third-order valence-corrected chi connectivity index (χ3v) is 1.68. The number of alkyl carbamates (subject to hydrolysis) is 1. The minimum absolute atomic E-state index is 0.147. The molecule has 0 aromatic carbocycles. The van der Waals surface area contributed by atoms with Crippen LogP contribution in [-0.4, -0.2) is 36.2 Å². The molecule has 0 aromatic heterocycles. The molecule has 0 aliphatic carbocycles. The maximum absolute atomic E-state index is 10.8. The summed E-state index contributed by atoms with van der Waals surface area (Å²) in [7, 11) is 1.14. The smallest absolute Gasteiger partial charge is 0.407 e. The fourth-order valence-corrected chi connectivity index (χ4v) is 0.921. The SMILES string of the molecule is COC(=O)NC(CC/C=C/C(N)=O)C(=O)O. The number of hydrogen-bond acceptors (Lipinski definition) is 4. The van der Waals surface area contributed by atoms with Crippen LogP contribution in [0.25, 0.3) is 0 Å². The van der Waals surface area contributed by atoms with Gasteiger partial charge in [0.1, 0.15) is 6.04 Å². The monoisotopic (exact) mass is 230 g/mol. The number of carboxylic acid groups (broad SMARTS) is 1. The summed E-state index contributed by atoms with van der Waals surface area (Å²) >= 11 is 0. The normalized spacial score (nSPS) is 12.1. The quantitative estimate of drug-likeness (QED) is 0.537. The number of amides is 2. The Hall–Kier alpha value is -2.05. The average molecular weight is 230 g/mol. The Balaban J connectivity index is 4.09. The molecule has 0 saturated heterocycles. The Morgan fingerprint density at radius 2 is 2.12 bits per heavy atom. The van der Waals surface area contributed by atoms with Crippen LogP contribution < -0.4 is 11.1 Å². The van der Waals surface area contributed by atoms with Crippen LogP contribution in [0.15, 0.2) is 12.2 Å². The molecule has 1 unspecified atom stereocenters. The second-order valence-corrected chi connectivity index (χ2v) is 2.91. The molecule has 0 aliphatic heterocycles. The van der Waals surface area contributed by atoms with Crippen LogP contribution in [0.3, 0.4) is 0 Å². The van der Waals surface area contributed by atoms with Crippen LogP contribution in [0, 0.1) is 0 Å². The molecule has 7 nitrogen and oxygen atoms in total. The number of carboxylic acids is 1. The van der Waals surface area contributed by atoms with Crippen LogP contribution >= 0.6 is 0 Å². The number of methoxy groups -OCH3 is 1. The largest absolute Gasteiger partial charge is 0.480 e. The molecular formula is C9H14N2O5. The zero-order valence-electron chi connectivity index (χ0n) is 8.80. The molecule has 16 heavy (non-hydrogen) atoms. The van der Waals surface area contributed by atoms with E-state index in [0.717, 1.165) is 13.2 Å². The van der Waals surface area contributed by atoms with E-state index in [9.17, 15) is 14.4 Å². The Morgan fingerprint density at radius 1 is 1.50 bits per heavy atom. The molecule has 7 heteroatoms. The van der Waals surface area contributed by atoms with Crippen molar-refractivity contribution in [2.45, 2.75) is 18.9 Å². The van der Waals surface area contributed by atoms with E-state index in [1.807, 2.05) is 0 Å². The molecule has 0 heterocycles. The fourth-order valence-electron chi connectivity index (χ4n) is 0.921. The predicted molar refractivity (Wildman–Crippen MR) is 54.5 cm³/mol. The number of rotatable bonds is 6. The van der Waals surface area contributed by atoms with E-state index in [-0.39, 0.29) is 6.42 Å². The highest BCUT2D eigenvalue weighted by molar-refractivity contribution is 5.85. The van der Waals surface area contributed by atoms with Gasteiger partial charge in [0.15, 0.2) is 0 Å². The van der Waals surface area contributed by atoms with Crippen molar-refractivity contribution in [3.8, 4) is 0 Å². The topological polar surface area (TPSA) is 119 Å². The lowest BCUT2D eigenvalue weighted by molar-refractivity contribution is -0.139. The Morgan fingerprint density at radius 3 is 2.56 bits per heavy atom. The molecule has 0 fully saturated rings. The van der Waals surface area contributed by atoms with Gasteiger partial charge in [0.2, 0.25) is 5.91 Å². The van der Waals surface area contributed by atoms with E-state index >= 15 is 0 Å². The van der Waals surface area contributed by atoms with Crippen LogP contribution in [0.2, 0.25) is 0 Å². The molecule has 0 saturated carbocycles. The molecule has 0 rings (SSSR count). The molecule has 2 amide bonds. The molecular weight excluding hydrogens is 216 g/mol. The van der Waals surface area contributed by atoms with Gasteiger partial charge < -0.3 is 20.9 Å². The predicted octanol–water partition coefficient (Wildman–Crippen LogP) is -0.383. The highest BCUT2D eigenvalue weighted by Crippen LogP contribution is 1.99. The van der Waals surface area contributed by atoms with Crippen molar-refractivity contribution in [2.24, 2.45) is 5.73 Å². The first kappa shape index (κ1) is 13.9. The van der Waals surface area contributed by atoms with Gasteiger partial charge in [-0.2, -0.15) is 0 Å². The molecule has 1 atom stereocenters. The fraction of sp³-hybridized carbons (Fsp3) is 0.444. The number of allylic oxidation sites excluding steroid dienone is 1. The number of carbonyl (C=O) groups excluding carboxylic acids is 2. The number of primary amides is 1. The Kier molecular flexibility index (Phi) is 6.34. The van der Waals surface area contributed by atoms with E-state index in [1.54, 1.807) is 0 Å². The second kappa shape index (κ2) is 7.27. The number of nitrogens with one attached hydrogen (secondary N) is 1. The van der Waals surface area contributed by atoms with E-state index < -0.39 is 24.0 Å². The number of aliphatic carboxylic acids is 1. The van der Waals surface area contributed by atoms with Gasteiger partial charge in [0.25, 0.3) is 0 Å². The summed E-state index contributed by atoms with van der Waals surface area (Å²) in [6, 6.07) is -1.05. The van der Waals surface area contributed by atoms with E-state index in [0.29, 0.717) is 6.42 Å². The maximum atomic E-state index is 10.8. The van der Waals surface area contributed by atoms with Crippen LogP contribution in [0.1, 0.15) is 12.8 Å². The van der Waals surface area contributed by atoms with Crippen LogP contribution in [0.4, 0.5) is 4.79 Å². The van der Waals surface area contributed by atoms with Crippen LogP contribution in [0.5, 0.6) is 0 Å². The van der Waals surface area contributed by atoms with Crippen molar-refractivity contribution >= 4 is 18.0 Å². The van der Waals surface area contributed by atoms with Gasteiger partial charge in [-0.15, -0.1) is 0 Å². The van der Waals surface area contributed by atoms with Crippen molar-refractivity contribution in [1.82, 2.24) is 5.32 Å². The van der Waals surface area contributed by atoms with E-state index in [4.69, 9.17) is 10.8 Å². The first-order valence-electron chi connectivity index (χ1n) is 4.50. The summed E-state index contributed by atoms with van der Waals surface area (Å²) in [5.41, 5.74) is 4.84. The molecule has 0 bridgehead atoms. The standard InChI is InChI=1S/C9H14N2O5/c1-16-9(15)11-6(8(13)14)4-2-3-5-7(10)12/h3,5-6H,2,4H2,1H3,(H2,10,12)(H,11,15)(H,13,14)/b5-3+. The average Bonchev–Trinajstić information content (AvgIpc) is 2.21. The summed E-state index contributed by atoms with van der Waals surface area (Å²) in [6.07, 6.45) is 2.22.